The highest BCUT2D eigenvalue weighted by Crippen LogP contribution is 2.36. The first-order chi connectivity index (χ1) is 7.83. The smallest absolute Gasteiger partial charge is 0.304 e. The zero-order valence-corrected chi connectivity index (χ0v) is 11.1. The number of rotatable bonds is 6. The average Bonchev–Trinajstić information content (AvgIpc) is 2.15. The van der Waals surface area contributed by atoms with Crippen LogP contribution in [0.4, 0.5) is 0 Å². The fourth-order valence-corrected chi connectivity index (χ4v) is 4.09. The number of carboxylic acid groups (broad SMARTS) is 1. The van der Waals surface area contributed by atoms with Gasteiger partial charge in [0.1, 0.15) is 0 Å². The summed E-state index contributed by atoms with van der Waals surface area (Å²) >= 11 is 0. The third-order valence-electron chi connectivity index (χ3n) is 3.26. The van der Waals surface area contributed by atoms with Gasteiger partial charge < -0.3 is 5.11 Å². The van der Waals surface area contributed by atoms with E-state index in [4.69, 9.17) is 5.11 Å². The molecule has 0 heterocycles. The highest BCUT2D eigenvalue weighted by Gasteiger charge is 2.32. The van der Waals surface area contributed by atoms with Gasteiger partial charge in [0.15, 0.2) is 0 Å². The Hall–Kier alpha value is -0.620. The highest BCUT2D eigenvalue weighted by molar-refractivity contribution is 7.89. The molecule has 1 aliphatic carbocycles. The predicted octanol–water partition coefficient (Wildman–Crippen LogP) is 1.35. The molecule has 1 fully saturated rings. The van der Waals surface area contributed by atoms with E-state index < -0.39 is 16.0 Å². The van der Waals surface area contributed by atoms with Gasteiger partial charge in [-0.2, -0.15) is 0 Å². The van der Waals surface area contributed by atoms with Crippen molar-refractivity contribution in [3.05, 3.63) is 0 Å². The van der Waals surface area contributed by atoms with Crippen LogP contribution < -0.4 is 4.72 Å². The molecule has 0 atom stereocenters. The van der Waals surface area contributed by atoms with E-state index in [9.17, 15) is 13.2 Å². The minimum Gasteiger partial charge on any atom is -0.481 e. The number of aliphatic carboxylic acids is 1. The number of carboxylic acids is 1. The first kappa shape index (κ1) is 14.4. The summed E-state index contributed by atoms with van der Waals surface area (Å²) in [7, 11) is -3.35. The molecule has 100 valence electrons. The van der Waals surface area contributed by atoms with Gasteiger partial charge in [-0.05, 0) is 18.3 Å². The van der Waals surface area contributed by atoms with Crippen LogP contribution in [-0.4, -0.2) is 31.8 Å². The summed E-state index contributed by atoms with van der Waals surface area (Å²) in [6.07, 6.45) is 5.06. The molecule has 2 N–H and O–H groups in total. The van der Waals surface area contributed by atoms with E-state index in [2.05, 4.69) is 4.72 Å². The molecule has 0 bridgehead atoms. The molecule has 0 saturated heterocycles. The molecule has 0 aromatic carbocycles. The van der Waals surface area contributed by atoms with Gasteiger partial charge in [-0.3, -0.25) is 4.79 Å². The van der Waals surface area contributed by atoms with Crippen molar-refractivity contribution in [3.63, 3.8) is 0 Å². The van der Waals surface area contributed by atoms with Gasteiger partial charge in [0.2, 0.25) is 10.0 Å². The average molecular weight is 263 g/mol. The molecule has 0 amide bonds. The normalized spacial score (nSPS) is 20.1. The molecule has 1 aliphatic rings. The zero-order valence-electron chi connectivity index (χ0n) is 10.2. The molecule has 0 aromatic rings. The third-order valence-corrected chi connectivity index (χ3v) is 4.98. The van der Waals surface area contributed by atoms with Crippen molar-refractivity contribution in [2.24, 2.45) is 5.41 Å². The number of carbonyl (C=O) groups is 1. The maximum atomic E-state index is 11.8. The minimum absolute atomic E-state index is 0.0201. The van der Waals surface area contributed by atoms with Gasteiger partial charge in [-0.15, -0.1) is 0 Å². The molecule has 5 nitrogen and oxygen atoms in total. The molecule has 1 saturated carbocycles. The summed E-state index contributed by atoms with van der Waals surface area (Å²) < 4.78 is 25.9. The van der Waals surface area contributed by atoms with Crippen LogP contribution in [0.5, 0.6) is 0 Å². The lowest BCUT2D eigenvalue weighted by Gasteiger charge is -2.33. The van der Waals surface area contributed by atoms with Gasteiger partial charge in [0, 0.05) is 6.54 Å². The van der Waals surface area contributed by atoms with Crippen molar-refractivity contribution in [2.75, 3.05) is 12.3 Å². The number of nitrogens with one attached hydrogen (secondary N) is 1. The Morgan fingerprint density at radius 1 is 1.29 bits per heavy atom. The summed E-state index contributed by atoms with van der Waals surface area (Å²) in [5.41, 5.74) is -0.146. The number of hydrogen-bond donors (Lipinski definition) is 2. The van der Waals surface area contributed by atoms with Crippen molar-refractivity contribution >= 4 is 16.0 Å². The fourth-order valence-electron chi connectivity index (χ4n) is 2.37. The zero-order chi connectivity index (χ0) is 12.9. The van der Waals surface area contributed by atoms with Crippen molar-refractivity contribution in [3.8, 4) is 0 Å². The van der Waals surface area contributed by atoms with Gasteiger partial charge in [-0.25, -0.2) is 13.1 Å². The summed E-state index contributed by atoms with van der Waals surface area (Å²) in [5, 5.41) is 8.45. The topological polar surface area (TPSA) is 83.5 Å². The lowest BCUT2D eigenvalue weighted by molar-refractivity contribution is -0.136. The van der Waals surface area contributed by atoms with Crippen LogP contribution in [0.15, 0.2) is 0 Å². The largest absolute Gasteiger partial charge is 0.481 e. The number of sulfonamides is 1. The molecule has 0 radical (unpaired) electrons. The third kappa shape index (κ3) is 5.50. The maximum Gasteiger partial charge on any atom is 0.304 e. The minimum atomic E-state index is -3.35. The summed E-state index contributed by atoms with van der Waals surface area (Å²) in [6.45, 7) is 1.98. The Morgan fingerprint density at radius 3 is 2.41 bits per heavy atom. The monoisotopic (exact) mass is 263 g/mol. The second-order valence-corrected chi connectivity index (χ2v) is 6.98. The lowest BCUT2D eigenvalue weighted by atomic mass is 9.77. The Kier molecular flexibility index (Phi) is 4.94. The lowest BCUT2D eigenvalue weighted by Crippen LogP contribution is -2.37. The summed E-state index contributed by atoms with van der Waals surface area (Å²) in [5.74, 6) is -0.879. The molecule has 0 unspecified atom stereocenters. The maximum absolute atomic E-state index is 11.8. The molecule has 17 heavy (non-hydrogen) atoms. The second kappa shape index (κ2) is 5.82. The molecule has 0 spiro atoms. The quantitative estimate of drug-likeness (QED) is 0.757. The van der Waals surface area contributed by atoms with Crippen LogP contribution in [0, 0.1) is 5.41 Å². The van der Waals surface area contributed by atoms with Crippen molar-refractivity contribution < 1.29 is 18.3 Å². The van der Waals surface area contributed by atoms with Crippen LogP contribution in [0.2, 0.25) is 0 Å². The summed E-state index contributed by atoms with van der Waals surface area (Å²) in [4.78, 5) is 10.3. The summed E-state index contributed by atoms with van der Waals surface area (Å²) in [6, 6.07) is 0. The van der Waals surface area contributed by atoms with Gasteiger partial charge in [-0.1, -0.05) is 26.2 Å². The molecule has 0 aliphatic heterocycles. The Balaban J connectivity index is 2.45. The molecule has 6 heteroatoms. The number of hydrogen-bond acceptors (Lipinski definition) is 3. The first-order valence-corrected chi connectivity index (χ1v) is 7.67. The predicted molar refractivity (Wildman–Crippen MR) is 65.2 cm³/mol. The standard InChI is InChI=1S/C11H21NO4S/c1-11(6-3-2-4-7-11)9-17(15,16)12-8-5-10(13)14/h12H,2-9H2,1H3,(H,13,14). The van der Waals surface area contributed by atoms with Crippen molar-refractivity contribution in [2.45, 2.75) is 45.4 Å². The van der Waals surface area contributed by atoms with E-state index in [0.29, 0.717) is 0 Å². The van der Waals surface area contributed by atoms with E-state index in [-0.39, 0.29) is 24.1 Å². The van der Waals surface area contributed by atoms with Crippen LogP contribution in [0.3, 0.4) is 0 Å². The Bertz CT molecular complexity index is 358. The van der Waals surface area contributed by atoms with Gasteiger partial charge >= 0.3 is 5.97 Å². The molecule has 1 rings (SSSR count). The highest BCUT2D eigenvalue weighted by atomic mass is 32.2. The van der Waals surface area contributed by atoms with E-state index in [1.165, 1.54) is 6.42 Å². The van der Waals surface area contributed by atoms with Crippen molar-refractivity contribution in [1.29, 1.82) is 0 Å². The first-order valence-electron chi connectivity index (χ1n) is 6.02. The SMILES string of the molecule is CC1(CS(=O)(=O)NCCC(=O)O)CCCCC1. The van der Waals surface area contributed by atoms with E-state index in [0.717, 1.165) is 25.7 Å². The van der Waals surface area contributed by atoms with E-state index in [1.807, 2.05) is 6.92 Å². The van der Waals surface area contributed by atoms with Gasteiger partial charge in [0.25, 0.3) is 0 Å². The van der Waals surface area contributed by atoms with Crippen LogP contribution in [0.1, 0.15) is 45.4 Å². The van der Waals surface area contributed by atoms with Crippen LogP contribution in [-0.2, 0) is 14.8 Å². The van der Waals surface area contributed by atoms with E-state index >= 15 is 0 Å². The second-order valence-electron chi connectivity index (χ2n) is 5.17. The molecular formula is C11H21NO4S. The Labute approximate surface area is 103 Å². The van der Waals surface area contributed by atoms with Crippen LogP contribution in [0.25, 0.3) is 0 Å². The van der Waals surface area contributed by atoms with Crippen LogP contribution >= 0.6 is 0 Å². The Morgan fingerprint density at radius 2 is 1.88 bits per heavy atom. The molecular weight excluding hydrogens is 242 g/mol. The molecule has 0 aromatic heterocycles. The fraction of sp³-hybridized carbons (Fsp3) is 0.909. The van der Waals surface area contributed by atoms with Gasteiger partial charge in [0.05, 0.1) is 12.2 Å². The van der Waals surface area contributed by atoms with E-state index in [1.54, 1.807) is 0 Å². The van der Waals surface area contributed by atoms with Crippen molar-refractivity contribution in [1.82, 2.24) is 4.72 Å².